The normalized spacial score (nSPS) is 11.8. The summed E-state index contributed by atoms with van der Waals surface area (Å²) in [7, 11) is 0. The van der Waals surface area contributed by atoms with E-state index < -0.39 is 5.25 Å². The van der Waals surface area contributed by atoms with E-state index in [1.165, 1.54) is 29.4 Å². The number of anilines is 2. The van der Waals surface area contributed by atoms with E-state index in [4.69, 9.17) is 4.42 Å². The fraction of sp³-hybridized carbons (Fsp3) is 0.0385. The molecule has 0 saturated carbocycles. The lowest BCUT2D eigenvalue weighted by Crippen LogP contribution is -2.19. The van der Waals surface area contributed by atoms with Gasteiger partial charge >= 0.3 is 0 Å². The number of furan rings is 1. The van der Waals surface area contributed by atoms with Gasteiger partial charge in [-0.05, 0) is 48.0 Å². The summed E-state index contributed by atoms with van der Waals surface area (Å²) in [6, 6.07) is 28.0. The summed E-state index contributed by atoms with van der Waals surface area (Å²) < 4.78 is 6.17. The van der Waals surface area contributed by atoms with E-state index in [-0.39, 0.29) is 17.6 Å². The van der Waals surface area contributed by atoms with Gasteiger partial charge in [0.1, 0.15) is 5.25 Å². The monoisotopic (exact) mass is 485 g/mol. The Hall–Kier alpha value is -3.88. The standard InChI is InChI=1S/C26H19N3O3S2/c30-24(21-13-7-15-32-21)27-18-10-6-11-19(16-18)33-23(17-8-2-1-3-9-17)25(31)29-26-28-20-12-4-5-14-22(20)34-26/h1-16,23H,(H,27,30)(H,28,29,31). The second-order valence-corrected chi connectivity index (χ2v) is 9.55. The topological polar surface area (TPSA) is 84.2 Å². The molecule has 2 aromatic heterocycles. The Morgan fingerprint density at radius 1 is 0.882 bits per heavy atom. The van der Waals surface area contributed by atoms with E-state index in [9.17, 15) is 9.59 Å². The number of amides is 2. The minimum absolute atomic E-state index is 0.166. The molecule has 5 rings (SSSR count). The molecule has 0 fully saturated rings. The number of para-hydroxylation sites is 1. The highest BCUT2D eigenvalue weighted by Crippen LogP contribution is 2.38. The molecule has 0 radical (unpaired) electrons. The maximum atomic E-state index is 13.4. The molecule has 5 aromatic rings. The van der Waals surface area contributed by atoms with Gasteiger partial charge in [-0.25, -0.2) is 4.98 Å². The van der Waals surface area contributed by atoms with Crippen LogP contribution < -0.4 is 10.6 Å². The second-order valence-electron chi connectivity index (χ2n) is 7.34. The first-order valence-corrected chi connectivity index (χ1v) is 12.2. The Morgan fingerprint density at radius 2 is 1.71 bits per heavy atom. The highest BCUT2D eigenvalue weighted by atomic mass is 32.2. The lowest BCUT2D eigenvalue weighted by Gasteiger charge is -2.16. The van der Waals surface area contributed by atoms with Crippen LogP contribution in [0.2, 0.25) is 0 Å². The Morgan fingerprint density at radius 3 is 2.50 bits per heavy atom. The van der Waals surface area contributed by atoms with E-state index in [0.717, 1.165) is 20.7 Å². The van der Waals surface area contributed by atoms with Crippen molar-refractivity contribution < 1.29 is 14.0 Å². The number of carbonyl (C=O) groups excluding carboxylic acids is 2. The average molecular weight is 486 g/mol. The zero-order valence-corrected chi connectivity index (χ0v) is 19.4. The largest absolute Gasteiger partial charge is 0.459 e. The number of nitrogens with one attached hydrogen (secondary N) is 2. The molecule has 8 heteroatoms. The van der Waals surface area contributed by atoms with Crippen LogP contribution in [0, 0.1) is 0 Å². The number of carbonyl (C=O) groups is 2. The number of thioether (sulfide) groups is 1. The highest BCUT2D eigenvalue weighted by molar-refractivity contribution is 8.00. The van der Waals surface area contributed by atoms with Crippen molar-refractivity contribution in [2.45, 2.75) is 10.1 Å². The third-order valence-corrected chi connectivity index (χ3v) is 7.16. The van der Waals surface area contributed by atoms with Crippen molar-refractivity contribution in [1.29, 1.82) is 0 Å². The van der Waals surface area contributed by atoms with E-state index in [2.05, 4.69) is 15.6 Å². The van der Waals surface area contributed by atoms with Crippen LogP contribution in [0.4, 0.5) is 10.8 Å². The minimum Gasteiger partial charge on any atom is -0.459 e. The SMILES string of the molecule is O=C(Nc1cccc(SC(C(=O)Nc2nc3ccccc3s2)c2ccccc2)c1)c1ccco1. The van der Waals surface area contributed by atoms with Crippen molar-refractivity contribution >= 4 is 55.9 Å². The van der Waals surface area contributed by atoms with Crippen LogP contribution in [0.15, 0.2) is 107 Å². The summed E-state index contributed by atoms with van der Waals surface area (Å²) in [5, 5.41) is 5.86. The van der Waals surface area contributed by atoms with Crippen LogP contribution in [0.1, 0.15) is 21.4 Å². The fourth-order valence-corrected chi connectivity index (χ4v) is 5.33. The molecule has 2 heterocycles. The molecule has 168 valence electrons. The summed E-state index contributed by atoms with van der Waals surface area (Å²) in [5.41, 5.74) is 2.34. The number of thiazole rings is 1. The van der Waals surface area contributed by atoms with Crippen LogP contribution in [-0.4, -0.2) is 16.8 Å². The van der Waals surface area contributed by atoms with Gasteiger partial charge in [0.05, 0.1) is 16.5 Å². The Bertz CT molecular complexity index is 1400. The third-order valence-electron chi connectivity index (χ3n) is 4.96. The van der Waals surface area contributed by atoms with E-state index in [0.29, 0.717) is 10.8 Å². The molecular formula is C26H19N3O3S2. The number of fused-ring (bicyclic) bond motifs is 1. The van der Waals surface area contributed by atoms with Crippen molar-refractivity contribution in [3.63, 3.8) is 0 Å². The second kappa shape index (κ2) is 9.94. The quantitative estimate of drug-likeness (QED) is 0.253. The molecule has 2 N–H and O–H groups in total. The average Bonchev–Trinajstić information content (AvgIpc) is 3.53. The van der Waals surface area contributed by atoms with Crippen LogP contribution in [0.25, 0.3) is 10.2 Å². The van der Waals surface area contributed by atoms with Crippen LogP contribution in [0.5, 0.6) is 0 Å². The van der Waals surface area contributed by atoms with Crippen molar-refractivity contribution in [1.82, 2.24) is 4.98 Å². The third kappa shape index (κ3) is 5.03. The lowest BCUT2D eigenvalue weighted by molar-refractivity contribution is -0.115. The maximum absolute atomic E-state index is 13.4. The van der Waals surface area contributed by atoms with Gasteiger partial charge in [-0.3, -0.25) is 9.59 Å². The summed E-state index contributed by atoms with van der Waals surface area (Å²) in [6.45, 7) is 0. The number of aromatic nitrogens is 1. The first kappa shape index (κ1) is 21.9. The molecule has 1 atom stereocenters. The molecule has 3 aromatic carbocycles. The molecule has 6 nitrogen and oxygen atoms in total. The molecule has 0 aliphatic rings. The van der Waals surface area contributed by atoms with Crippen molar-refractivity contribution in [3.8, 4) is 0 Å². The van der Waals surface area contributed by atoms with Gasteiger partial charge in [0, 0.05) is 10.6 Å². The van der Waals surface area contributed by atoms with Crippen molar-refractivity contribution in [3.05, 3.63) is 109 Å². The number of nitrogens with zero attached hydrogens (tertiary/aromatic N) is 1. The minimum atomic E-state index is -0.510. The molecule has 0 spiro atoms. The summed E-state index contributed by atoms with van der Waals surface area (Å²) in [4.78, 5) is 31.1. The molecule has 34 heavy (non-hydrogen) atoms. The van der Waals surface area contributed by atoms with Gasteiger partial charge in [-0.1, -0.05) is 59.9 Å². The van der Waals surface area contributed by atoms with Crippen LogP contribution in [-0.2, 0) is 4.79 Å². The highest BCUT2D eigenvalue weighted by Gasteiger charge is 2.23. The Balaban J connectivity index is 1.37. The molecule has 1 unspecified atom stereocenters. The maximum Gasteiger partial charge on any atom is 0.291 e. The van der Waals surface area contributed by atoms with Crippen LogP contribution in [0.3, 0.4) is 0 Å². The van der Waals surface area contributed by atoms with E-state index >= 15 is 0 Å². The Kier molecular flexibility index (Phi) is 6.42. The van der Waals surface area contributed by atoms with Crippen molar-refractivity contribution in [2.24, 2.45) is 0 Å². The smallest absolute Gasteiger partial charge is 0.291 e. The summed E-state index contributed by atoms with van der Waals surface area (Å²) >= 11 is 2.85. The number of hydrogen-bond donors (Lipinski definition) is 2. The molecule has 2 amide bonds. The first-order valence-electron chi connectivity index (χ1n) is 10.5. The first-order chi connectivity index (χ1) is 16.7. The van der Waals surface area contributed by atoms with E-state index in [1.807, 2.05) is 72.8 Å². The number of hydrogen-bond acceptors (Lipinski definition) is 6. The number of benzene rings is 3. The van der Waals surface area contributed by atoms with Gasteiger partial charge in [-0.15, -0.1) is 11.8 Å². The van der Waals surface area contributed by atoms with Gasteiger partial charge in [0.15, 0.2) is 10.9 Å². The predicted octanol–water partition coefficient (Wildman–Crippen LogP) is 6.61. The summed E-state index contributed by atoms with van der Waals surface area (Å²) in [5.74, 6) is -0.268. The van der Waals surface area contributed by atoms with Gasteiger partial charge in [0.2, 0.25) is 5.91 Å². The zero-order valence-electron chi connectivity index (χ0n) is 17.8. The molecule has 0 saturated heterocycles. The molecule has 0 aliphatic carbocycles. The lowest BCUT2D eigenvalue weighted by atomic mass is 10.1. The van der Waals surface area contributed by atoms with Gasteiger partial charge < -0.3 is 15.1 Å². The van der Waals surface area contributed by atoms with Crippen LogP contribution >= 0.6 is 23.1 Å². The van der Waals surface area contributed by atoms with Crippen molar-refractivity contribution in [2.75, 3.05) is 10.6 Å². The Labute approximate surface area is 204 Å². The predicted molar refractivity (Wildman–Crippen MR) is 136 cm³/mol. The zero-order chi connectivity index (χ0) is 23.3. The molecule has 0 bridgehead atoms. The summed E-state index contributed by atoms with van der Waals surface area (Å²) in [6.07, 6.45) is 1.45. The fourth-order valence-electron chi connectivity index (χ4n) is 3.38. The van der Waals surface area contributed by atoms with E-state index in [1.54, 1.807) is 18.2 Å². The van der Waals surface area contributed by atoms with Gasteiger partial charge in [-0.2, -0.15) is 0 Å². The van der Waals surface area contributed by atoms with Gasteiger partial charge in [0.25, 0.3) is 5.91 Å². The number of rotatable bonds is 7. The molecular weight excluding hydrogens is 466 g/mol. The molecule has 0 aliphatic heterocycles.